The molecule has 0 aromatic rings. The molecule has 0 aliphatic heterocycles. The second-order valence-corrected chi connectivity index (χ2v) is 2.92. The third kappa shape index (κ3) is 7.50. The molecule has 0 unspecified atom stereocenters. The van der Waals surface area contributed by atoms with E-state index >= 15 is 0 Å². The number of hydrogen-bond donors (Lipinski definition) is 2. The molecular weight excluding hydrogens is 154 g/mol. The first-order chi connectivity index (χ1) is 5.66. The lowest BCUT2D eigenvalue weighted by Crippen LogP contribution is -2.25. The Morgan fingerprint density at radius 1 is 1.50 bits per heavy atom. The molecule has 0 saturated heterocycles. The summed E-state index contributed by atoms with van der Waals surface area (Å²) < 4.78 is 4.93. The molecule has 0 aromatic heterocycles. The maximum Gasteiger partial charge on any atom is 0.0905 e. The van der Waals surface area contributed by atoms with Crippen molar-refractivity contribution < 1.29 is 4.74 Å². The number of ether oxygens (including phenoxy) is 1. The van der Waals surface area contributed by atoms with Crippen LogP contribution < -0.4 is 5.73 Å². The maximum atomic E-state index is 7.01. The molecule has 0 aromatic carbocycles. The summed E-state index contributed by atoms with van der Waals surface area (Å²) in [4.78, 5) is 2.17. The molecule has 4 heteroatoms. The van der Waals surface area contributed by atoms with Crippen LogP contribution in [0.2, 0.25) is 0 Å². The van der Waals surface area contributed by atoms with Crippen LogP contribution in [0.5, 0.6) is 0 Å². The van der Waals surface area contributed by atoms with E-state index in [1.807, 2.05) is 7.05 Å². The molecule has 0 heterocycles. The van der Waals surface area contributed by atoms with Crippen molar-refractivity contribution in [2.45, 2.75) is 12.8 Å². The lowest BCUT2D eigenvalue weighted by atomic mass is 10.3. The SMILES string of the molecule is COCCN(C)CCCC(=N)N. The highest BCUT2D eigenvalue weighted by molar-refractivity contribution is 5.76. The van der Waals surface area contributed by atoms with Gasteiger partial charge in [0.1, 0.15) is 0 Å². The summed E-state index contributed by atoms with van der Waals surface area (Å²) in [7, 11) is 3.74. The van der Waals surface area contributed by atoms with Crippen molar-refractivity contribution in [2.24, 2.45) is 5.73 Å². The lowest BCUT2D eigenvalue weighted by molar-refractivity contribution is 0.161. The number of amidine groups is 1. The van der Waals surface area contributed by atoms with E-state index in [2.05, 4.69) is 4.90 Å². The van der Waals surface area contributed by atoms with Crippen LogP contribution in [0.1, 0.15) is 12.8 Å². The van der Waals surface area contributed by atoms with Crippen molar-refractivity contribution in [3.63, 3.8) is 0 Å². The van der Waals surface area contributed by atoms with Crippen LogP contribution in [-0.4, -0.2) is 44.6 Å². The van der Waals surface area contributed by atoms with E-state index in [4.69, 9.17) is 15.9 Å². The third-order valence-electron chi connectivity index (χ3n) is 1.66. The summed E-state index contributed by atoms with van der Waals surface area (Å²) in [6.45, 7) is 2.67. The Morgan fingerprint density at radius 2 is 2.17 bits per heavy atom. The maximum absolute atomic E-state index is 7.01. The second-order valence-electron chi connectivity index (χ2n) is 2.92. The number of likely N-dealkylation sites (N-methyl/N-ethyl adjacent to an activating group) is 1. The smallest absolute Gasteiger partial charge is 0.0905 e. The average molecular weight is 173 g/mol. The molecule has 0 amide bonds. The van der Waals surface area contributed by atoms with E-state index in [0.29, 0.717) is 6.42 Å². The summed E-state index contributed by atoms with van der Waals surface area (Å²) in [5.41, 5.74) is 5.22. The van der Waals surface area contributed by atoms with E-state index < -0.39 is 0 Å². The van der Waals surface area contributed by atoms with Crippen molar-refractivity contribution in [1.82, 2.24) is 4.90 Å². The van der Waals surface area contributed by atoms with Gasteiger partial charge in [0.2, 0.25) is 0 Å². The van der Waals surface area contributed by atoms with E-state index in [1.54, 1.807) is 7.11 Å². The minimum absolute atomic E-state index is 0.273. The Morgan fingerprint density at radius 3 is 2.67 bits per heavy atom. The molecule has 0 fully saturated rings. The van der Waals surface area contributed by atoms with Gasteiger partial charge in [0.15, 0.2) is 0 Å². The van der Waals surface area contributed by atoms with Crippen LogP contribution in [0.25, 0.3) is 0 Å². The standard InChI is InChI=1S/C8H19N3O/c1-11(6-7-12-2)5-3-4-8(9)10/h3-7H2,1-2H3,(H3,9,10). The first kappa shape index (κ1) is 11.4. The summed E-state index contributed by atoms with van der Waals surface area (Å²) in [5, 5.41) is 7.01. The van der Waals surface area contributed by atoms with Crippen LogP contribution >= 0.6 is 0 Å². The van der Waals surface area contributed by atoms with Crippen molar-refractivity contribution in [3.05, 3.63) is 0 Å². The van der Waals surface area contributed by atoms with Gasteiger partial charge in [0, 0.05) is 20.1 Å². The Labute approximate surface area is 74.2 Å². The second kappa shape index (κ2) is 7.06. The molecule has 0 radical (unpaired) electrons. The Kier molecular flexibility index (Phi) is 6.70. The minimum Gasteiger partial charge on any atom is -0.388 e. The fourth-order valence-corrected chi connectivity index (χ4v) is 0.898. The summed E-state index contributed by atoms with van der Waals surface area (Å²) in [6, 6.07) is 0. The normalized spacial score (nSPS) is 10.6. The highest BCUT2D eigenvalue weighted by Crippen LogP contribution is 1.91. The Bertz CT molecular complexity index is 127. The highest BCUT2D eigenvalue weighted by Gasteiger charge is 1.97. The summed E-state index contributed by atoms with van der Waals surface area (Å²) in [5.74, 6) is 0.273. The highest BCUT2D eigenvalue weighted by atomic mass is 16.5. The van der Waals surface area contributed by atoms with Gasteiger partial charge in [0.05, 0.1) is 12.4 Å². The third-order valence-corrected chi connectivity index (χ3v) is 1.66. The van der Waals surface area contributed by atoms with Gasteiger partial charge in [-0.05, 0) is 20.0 Å². The van der Waals surface area contributed by atoms with Gasteiger partial charge < -0.3 is 15.4 Å². The van der Waals surface area contributed by atoms with Crippen LogP contribution in [0, 0.1) is 5.41 Å². The number of rotatable bonds is 7. The summed E-state index contributed by atoms with van der Waals surface area (Å²) in [6.07, 6.45) is 1.65. The topological polar surface area (TPSA) is 62.3 Å². The first-order valence-corrected chi connectivity index (χ1v) is 4.17. The zero-order chi connectivity index (χ0) is 9.40. The van der Waals surface area contributed by atoms with Gasteiger partial charge in [0.25, 0.3) is 0 Å². The molecule has 72 valence electrons. The van der Waals surface area contributed by atoms with Crippen LogP contribution in [0.3, 0.4) is 0 Å². The number of nitrogens with zero attached hydrogens (tertiary/aromatic N) is 1. The Balaban J connectivity index is 3.19. The first-order valence-electron chi connectivity index (χ1n) is 4.17. The molecule has 0 atom stereocenters. The number of hydrogen-bond acceptors (Lipinski definition) is 3. The zero-order valence-corrected chi connectivity index (χ0v) is 7.97. The molecule has 0 aliphatic rings. The van der Waals surface area contributed by atoms with Crippen molar-refractivity contribution in [2.75, 3.05) is 33.9 Å². The quantitative estimate of drug-likeness (QED) is 0.429. The molecule has 0 saturated carbocycles. The Hall–Kier alpha value is -0.610. The number of methoxy groups -OCH3 is 1. The van der Waals surface area contributed by atoms with Gasteiger partial charge in [-0.2, -0.15) is 0 Å². The molecule has 12 heavy (non-hydrogen) atoms. The predicted molar refractivity (Wildman–Crippen MR) is 50.5 cm³/mol. The molecule has 0 bridgehead atoms. The number of nitrogens with two attached hydrogens (primary N) is 1. The van der Waals surface area contributed by atoms with E-state index in [0.717, 1.165) is 26.1 Å². The lowest BCUT2D eigenvalue weighted by Gasteiger charge is -2.15. The largest absolute Gasteiger partial charge is 0.388 e. The van der Waals surface area contributed by atoms with E-state index in [-0.39, 0.29) is 5.84 Å². The van der Waals surface area contributed by atoms with Crippen LogP contribution in [0.15, 0.2) is 0 Å². The predicted octanol–water partition coefficient (Wildman–Crippen LogP) is 0.281. The van der Waals surface area contributed by atoms with E-state index in [9.17, 15) is 0 Å². The van der Waals surface area contributed by atoms with Crippen LogP contribution in [0.4, 0.5) is 0 Å². The van der Waals surface area contributed by atoms with Gasteiger partial charge in [-0.15, -0.1) is 0 Å². The van der Waals surface area contributed by atoms with Crippen molar-refractivity contribution >= 4 is 5.84 Å². The van der Waals surface area contributed by atoms with E-state index in [1.165, 1.54) is 0 Å². The zero-order valence-electron chi connectivity index (χ0n) is 7.97. The fourth-order valence-electron chi connectivity index (χ4n) is 0.898. The van der Waals surface area contributed by atoms with Gasteiger partial charge >= 0.3 is 0 Å². The molecular formula is C8H19N3O. The summed E-state index contributed by atoms with van der Waals surface area (Å²) >= 11 is 0. The fraction of sp³-hybridized carbons (Fsp3) is 0.875. The molecule has 0 rings (SSSR count). The monoisotopic (exact) mass is 173 g/mol. The van der Waals surface area contributed by atoms with Crippen LogP contribution in [-0.2, 0) is 4.74 Å². The van der Waals surface area contributed by atoms with Gasteiger partial charge in [-0.1, -0.05) is 0 Å². The molecule has 4 nitrogen and oxygen atoms in total. The molecule has 0 aliphatic carbocycles. The minimum atomic E-state index is 0.273. The molecule has 0 spiro atoms. The number of nitrogens with one attached hydrogen (secondary N) is 1. The van der Waals surface area contributed by atoms with Crippen molar-refractivity contribution in [1.29, 1.82) is 5.41 Å². The van der Waals surface area contributed by atoms with Gasteiger partial charge in [-0.3, -0.25) is 5.41 Å². The molecule has 3 N–H and O–H groups in total. The van der Waals surface area contributed by atoms with Crippen molar-refractivity contribution in [3.8, 4) is 0 Å². The average Bonchev–Trinajstić information content (AvgIpc) is 2.00. The van der Waals surface area contributed by atoms with Gasteiger partial charge in [-0.25, -0.2) is 0 Å².